The van der Waals surface area contributed by atoms with Crippen molar-refractivity contribution in [2.45, 2.75) is 267 Å². The van der Waals surface area contributed by atoms with E-state index in [2.05, 4.69) is 16.0 Å². The van der Waals surface area contributed by atoms with Crippen molar-refractivity contribution in [2.75, 3.05) is 95.2 Å². The van der Waals surface area contributed by atoms with Crippen LogP contribution in [0.1, 0.15) is 194 Å². The molecular formula is C74H117F5N12O13. The van der Waals surface area contributed by atoms with Gasteiger partial charge in [-0.1, -0.05) is 90.9 Å². The molecule has 3 saturated heterocycles. The molecule has 1 spiro atoms. The van der Waals surface area contributed by atoms with E-state index in [1.165, 1.54) is 73.8 Å². The zero-order valence-electron chi connectivity index (χ0n) is 63.0. The Hall–Kier alpha value is -6.75. The van der Waals surface area contributed by atoms with Gasteiger partial charge in [-0.3, -0.25) is 57.5 Å². The lowest BCUT2D eigenvalue weighted by Gasteiger charge is -2.43. The topological polar surface area (TPSA) is 279 Å². The van der Waals surface area contributed by atoms with Crippen LogP contribution in [0.25, 0.3) is 0 Å². The largest absolute Gasteiger partial charge is 0.397 e. The minimum Gasteiger partial charge on any atom is -0.377 e. The number of hydrogen-bond donors (Lipinski definition) is 3. The average molecular weight is 1480 g/mol. The lowest BCUT2D eigenvalue weighted by molar-refractivity contribution is -0.219. The molecule has 11 atom stereocenters. The molecule has 3 N–H and O–H groups in total. The summed E-state index contributed by atoms with van der Waals surface area (Å²) >= 11 is 0. The monoisotopic (exact) mass is 1480 g/mol. The third kappa shape index (κ3) is 19.9. The van der Waals surface area contributed by atoms with Crippen LogP contribution in [0, 0.1) is 35.5 Å². The lowest BCUT2D eigenvalue weighted by atomic mass is 9.76. The number of likely N-dealkylation sites (tertiary alicyclic amines) is 1. The number of ether oxygens (including phenoxy) is 1. The average Bonchev–Trinajstić information content (AvgIpc) is 1.44. The van der Waals surface area contributed by atoms with Gasteiger partial charge in [0.25, 0.3) is 0 Å². The first-order chi connectivity index (χ1) is 49.2. The molecule has 8 aliphatic rings. The van der Waals surface area contributed by atoms with E-state index in [1.807, 2.05) is 6.92 Å². The lowest BCUT2D eigenvalue weighted by Crippen LogP contribution is -2.65. The molecule has 30 heteroatoms. The van der Waals surface area contributed by atoms with Crippen molar-refractivity contribution in [1.82, 2.24) is 60.0 Å². The second-order valence-corrected chi connectivity index (χ2v) is 31.6. The van der Waals surface area contributed by atoms with Crippen molar-refractivity contribution in [3.05, 3.63) is 0 Å². The summed E-state index contributed by atoms with van der Waals surface area (Å²) in [5.74, 6) is -13.4. The fraction of sp³-hybridized carbons (Fsp3) is 0.838. The smallest absolute Gasteiger partial charge is 0.377 e. The third-order valence-electron chi connectivity index (χ3n) is 24.4. The maximum absolute atomic E-state index is 15.9. The van der Waals surface area contributed by atoms with Crippen LogP contribution in [0.5, 0.6) is 0 Å². The van der Waals surface area contributed by atoms with E-state index >= 15 is 37.5 Å². The van der Waals surface area contributed by atoms with E-state index in [9.17, 15) is 41.9 Å². The van der Waals surface area contributed by atoms with E-state index in [4.69, 9.17) is 4.74 Å². The number of nitrogens with one attached hydrogen (secondary N) is 3. The minimum atomic E-state index is -5.17. The van der Waals surface area contributed by atoms with Crippen LogP contribution >= 0.6 is 0 Å². The van der Waals surface area contributed by atoms with Crippen LogP contribution in [0.2, 0.25) is 0 Å². The molecule has 0 radical (unpaired) electrons. The van der Waals surface area contributed by atoms with Crippen LogP contribution in [0.4, 0.5) is 22.0 Å². The quantitative estimate of drug-likeness (QED) is 0.203. The molecule has 0 aromatic heterocycles. The predicted molar refractivity (Wildman–Crippen MR) is 374 cm³/mol. The molecule has 586 valence electrons. The zero-order valence-corrected chi connectivity index (χ0v) is 63.0. The van der Waals surface area contributed by atoms with Gasteiger partial charge in [0.05, 0.1) is 32.2 Å². The Labute approximate surface area is 610 Å². The van der Waals surface area contributed by atoms with Crippen molar-refractivity contribution in [3.63, 3.8) is 0 Å². The summed E-state index contributed by atoms with van der Waals surface area (Å²) in [6.45, 7) is 4.14. The third-order valence-corrected chi connectivity index (χ3v) is 24.4. The van der Waals surface area contributed by atoms with Crippen LogP contribution in [0.15, 0.2) is 0 Å². The normalized spacial score (nSPS) is 31.5. The summed E-state index contributed by atoms with van der Waals surface area (Å²) < 4.78 is 78.8. The van der Waals surface area contributed by atoms with Gasteiger partial charge in [-0.25, -0.2) is 8.78 Å². The first-order valence-corrected chi connectivity index (χ1v) is 38.5. The second kappa shape index (κ2) is 36.7. The number of halogens is 5. The molecule has 0 aromatic rings. The van der Waals surface area contributed by atoms with Gasteiger partial charge >= 0.3 is 6.18 Å². The highest BCUT2D eigenvalue weighted by Crippen LogP contribution is 2.45. The molecule has 8 fully saturated rings. The van der Waals surface area contributed by atoms with E-state index < -0.39 is 206 Å². The van der Waals surface area contributed by atoms with Crippen LogP contribution in [-0.2, 0) is 62.3 Å². The van der Waals surface area contributed by atoms with Crippen molar-refractivity contribution in [3.8, 4) is 0 Å². The number of nitrogens with zero attached hydrogens (tertiary/aromatic N) is 9. The van der Waals surface area contributed by atoms with Crippen LogP contribution < -0.4 is 16.0 Å². The number of rotatable bonds is 12. The molecule has 5 saturated carbocycles. The molecule has 12 amide bonds. The highest BCUT2D eigenvalue weighted by molar-refractivity contribution is 6.01. The Balaban J connectivity index is 1.18. The van der Waals surface area contributed by atoms with E-state index in [1.54, 1.807) is 18.7 Å². The van der Waals surface area contributed by atoms with Gasteiger partial charge in [-0.05, 0) is 120 Å². The Morgan fingerprint density at radius 1 is 0.577 bits per heavy atom. The summed E-state index contributed by atoms with van der Waals surface area (Å²) in [5, 5.41) is 8.70. The second-order valence-electron chi connectivity index (χ2n) is 31.6. The first-order valence-electron chi connectivity index (χ1n) is 38.5. The SMILES string of the molecule is CCO[C@@H]1C[C@H]2C(=O)NC3(CCCC3)C(=O)N(C)[C@@H](C3CCCCC3)C(=O)N(C)[C@H](C(=O)N3CCCC3)CC(=O)N(C)[C@@H](C3CCC3)C(=O)N[C@@H]([C@@H](C)CC)C(=O)N(C)CC(=O)N(C)CC(=O)N(C)[C@@H](CC3CCCCC3)C(=O)N(C)CC(=O)N[C@@H](CCC3CC(F)C(C(F)(F)F)C(F)C3)C(=O)N2C1. The minimum absolute atomic E-state index is 0.0223. The first kappa shape index (κ1) is 82.9. The zero-order chi connectivity index (χ0) is 76.2. The van der Waals surface area contributed by atoms with Gasteiger partial charge in [0.15, 0.2) is 0 Å². The summed E-state index contributed by atoms with van der Waals surface area (Å²) in [7, 11) is 9.89. The Kier molecular flexibility index (Phi) is 29.3. The standard InChI is InChI=1S/C74H117F5N12O13/c1-11-45(3)62-70(101)85(6)43-59(94)83(4)44-60(95)86(7)55(38-46-24-15-13-16-25-46)68(99)84(5)42-57(92)80-53(31-30-47-36-51(75)61(52(76)37-47)74(77,78)79)67(98)91-41-50(104-12-2)39-54(91)65(96)82-73(32-19-20-33-73)72(103)89(10)64(49-26-17-14-18-27-49)71(102)87(8)56(69(100)90-34-21-22-35-90)40-58(93)88(9)63(66(97)81-62)48-28-23-29-48/h45-56,61-64H,11-44H2,1-10H3,(H,80,92)(H,81,97)(H,82,96)/t45-,47?,50+,51?,52?,53-,54-,55-,56-,61?,62-,63-,64-/m0/s1. The highest BCUT2D eigenvalue weighted by atomic mass is 19.4. The maximum atomic E-state index is 15.9. The molecule has 0 bridgehead atoms. The molecule has 5 aliphatic carbocycles. The molecule has 0 aromatic carbocycles. The Morgan fingerprint density at radius 3 is 1.73 bits per heavy atom. The van der Waals surface area contributed by atoms with Crippen molar-refractivity contribution >= 4 is 70.9 Å². The van der Waals surface area contributed by atoms with Gasteiger partial charge in [-0.15, -0.1) is 0 Å². The van der Waals surface area contributed by atoms with Gasteiger partial charge in [0.1, 0.15) is 66.1 Å². The van der Waals surface area contributed by atoms with Crippen molar-refractivity contribution in [2.24, 2.45) is 35.5 Å². The Bertz CT molecular complexity index is 3040. The van der Waals surface area contributed by atoms with E-state index in [-0.39, 0.29) is 63.5 Å². The molecule has 25 nitrogen and oxygen atoms in total. The van der Waals surface area contributed by atoms with Gasteiger partial charge in [-0.2, -0.15) is 13.2 Å². The highest BCUT2D eigenvalue weighted by Gasteiger charge is 2.56. The maximum Gasteiger partial charge on any atom is 0.397 e. The number of amides is 12. The molecular weight excluding hydrogens is 1360 g/mol. The fourth-order valence-corrected chi connectivity index (χ4v) is 17.6. The number of fused-ring (bicyclic) bond motifs is 1. The Morgan fingerprint density at radius 2 is 1.15 bits per heavy atom. The molecule has 8 rings (SSSR count). The summed E-state index contributed by atoms with van der Waals surface area (Å²) in [5.41, 5.74) is -1.66. The van der Waals surface area contributed by atoms with E-state index in [0.29, 0.717) is 70.9 Å². The van der Waals surface area contributed by atoms with Crippen molar-refractivity contribution in [1.29, 1.82) is 0 Å². The predicted octanol–water partition coefficient (Wildman–Crippen LogP) is 5.54. The van der Waals surface area contributed by atoms with Gasteiger partial charge < -0.3 is 64.8 Å². The molecule has 3 aliphatic heterocycles. The number of carbonyl (C=O) groups is 12. The molecule has 3 heterocycles. The summed E-state index contributed by atoms with van der Waals surface area (Å²) in [4.78, 5) is 192. The number of alkyl halides is 5. The number of likely N-dealkylation sites (N-methyl/N-ethyl adjacent to an activating group) is 7. The molecule has 2 unspecified atom stereocenters. The summed E-state index contributed by atoms with van der Waals surface area (Å²) in [6.07, 6.45) is -1.35. The van der Waals surface area contributed by atoms with E-state index in [0.717, 1.165) is 72.5 Å². The fourth-order valence-electron chi connectivity index (χ4n) is 17.6. The van der Waals surface area contributed by atoms with Gasteiger partial charge in [0.2, 0.25) is 70.9 Å². The van der Waals surface area contributed by atoms with Gasteiger partial charge in [0, 0.05) is 82.0 Å². The van der Waals surface area contributed by atoms with Crippen LogP contribution in [-0.4, -0.2) is 283 Å². The number of hydrogen-bond acceptors (Lipinski definition) is 13. The molecule has 104 heavy (non-hydrogen) atoms. The van der Waals surface area contributed by atoms with Crippen molar-refractivity contribution < 1.29 is 84.2 Å². The summed E-state index contributed by atoms with van der Waals surface area (Å²) in [6, 6.07) is -9.14. The van der Waals surface area contributed by atoms with Crippen LogP contribution in [0.3, 0.4) is 0 Å². The number of carbonyl (C=O) groups excluding carboxylic acids is 12.